The number of hydrogen-bond acceptors (Lipinski definition) is 4. The van der Waals surface area contributed by atoms with E-state index in [9.17, 15) is 9.90 Å². The third-order valence-electron chi connectivity index (χ3n) is 5.92. The molecule has 0 saturated carbocycles. The van der Waals surface area contributed by atoms with Crippen molar-refractivity contribution < 1.29 is 14.6 Å². The lowest BCUT2D eigenvalue weighted by molar-refractivity contribution is 0.0900. The predicted molar refractivity (Wildman–Crippen MR) is 122 cm³/mol. The fourth-order valence-corrected chi connectivity index (χ4v) is 4.99. The Labute approximate surface area is 187 Å². The van der Waals surface area contributed by atoms with Crippen molar-refractivity contribution in [3.05, 3.63) is 57.3 Å². The van der Waals surface area contributed by atoms with Gasteiger partial charge in [-0.3, -0.25) is 4.98 Å². The first-order valence-corrected chi connectivity index (χ1v) is 11.7. The van der Waals surface area contributed by atoms with Crippen LogP contribution in [0.2, 0.25) is 0 Å². The molecule has 30 heavy (non-hydrogen) atoms. The molecule has 162 valence electrons. The Balaban J connectivity index is 0.00000124. The molecule has 2 heterocycles. The van der Waals surface area contributed by atoms with E-state index in [0.717, 1.165) is 35.8 Å². The summed E-state index contributed by atoms with van der Waals surface area (Å²) in [4.78, 5) is 18.7. The number of ether oxygens (including phenoxy) is 1. The van der Waals surface area contributed by atoms with Crippen molar-refractivity contribution in [2.75, 3.05) is 19.7 Å². The van der Waals surface area contributed by atoms with E-state index in [1.807, 2.05) is 37.9 Å². The zero-order chi connectivity index (χ0) is 21.7. The fourth-order valence-electron chi connectivity index (χ4n) is 4.61. The molecular weight excluding hydrogens is 444 g/mol. The number of fused-ring (bicyclic) bond motifs is 2. The molecule has 6 heteroatoms. The third-order valence-corrected chi connectivity index (χ3v) is 6.36. The topological polar surface area (TPSA) is 62.7 Å². The normalized spacial score (nSPS) is 18.4. The molecule has 1 aromatic carbocycles. The predicted octanol–water partition coefficient (Wildman–Crippen LogP) is 5.67. The summed E-state index contributed by atoms with van der Waals surface area (Å²) in [6, 6.07) is 7.92. The van der Waals surface area contributed by atoms with Gasteiger partial charge in [-0.15, -0.1) is 0 Å². The van der Waals surface area contributed by atoms with Crippen LogP contribution in [0.5, 0.6) is 5.75 Å². The Hall–Kier alpha value is -2.08. The Morgan fingerprint density at radius 3 is 2.60 bits per heavy atom. The molecular formula is C24H31BrN2O3. The summed E-state index contributed by atoms with van der Waals surface area (Å²) >= 11 is 3.56. The van der Waals surface area contributed by atoms with Crippen LogP contribution >= 0.6 is 15.9 Å². The number of hydrogen-bond donors (Lipinski definition) is 1. The molecule has 2 aliphatic rings. The van der Waals surface area contributed by atoms with Crippen molar-refractivity contribution in [2.45, 2.75) is 52.4 Å². The van der Waals surface area contributed by atoms with E-state index in [1.165, 1.54) is 16.7 Å². The maximum absolute atomic E-state index is 12.1. The minimum absolute atomic E-state index is 0.186. The number of likely N-dealkylation sites (tertiary alicyclic amines) is 1. The number of piperidine rings is 1. The number of pyridine rings is 1. The highest BCUT2D eigenvalue weighted by Crippen LogP contribution is 2.43. The van der Waals surface area contributed by atoms with Gasteiger partial charge in [-0.2, -0.15) is 0 Å². The second-order valence-corrected chi connectivity index (χ2v) is 8.50. The van der Waals surface area contributed by atoms with Crippen molar-refractivity contribution >= 4 is 22.0 Å². The van der Waals surface area contributed by atoms with Crippen LogP contribution in [0.4, 0.5) is 4.79 Å². The van der Waals surface area contributed by atoms with E-state index < -0.39 is 0 Å². The Kier molecular flexibility index (Phi) is 7.75. The smallest absolute Gasteiger partial charge is 0.409 e. The van der Waals surface area contributed by atoms with Crippen LogP contribution in [0, 0.1) is 5.92 Å². The standard InChI is InChI=1S/C22H25BrN2O3.C2H6/c1-2-28-22(27)25-9-7-14(8-10-25)20-19-6-5-18(26)12-15(19)3-4-16-11-17(23)13-24-21(16)20;1-2/h5-6,11-14,20,26H,2-4,7-10H2,1H3;1-2H3. The van der Waals surface area contributed by atoms with Crippen LogP contribution in [0.15, 0.2) is 34.9 Å². The highest BCUT2D eigenvalue weighted by atomic mass is 79.9. The molecule has 4 rings (SSSR count). The minimum Gasteiger partial charge on any atom is -0.508 e. The average molecular weight is 475 g/mol. The molecule has 1 saturated heterocycles. The maximum Gasteiger partial charge on any atom is 0.409 e. The van der Waals surface area contributed by atoms with Gasteiger partial charge in [0.15, 0.2) is 0 Å². The highest BCUT2D eigenvalue weighted by Gasteiger charge is 2.35. The largest absolute Gasteiger partial charge is 0.508 e. The SMILES string of the molecule is CC.CCOC(=O)N1CCC(C2c3ccc(O)cc3CCc3cc(Br)cnc32)CC1. The van der Waals surface area contributed by atoms with Crippen LogP contribution in [0.25, 0.3) is 0 Å². The number of rotatable bonds is 2. The summed E-state index contributed by atoms with van der Waals surface area (Å²) in [7, 11) is 0. The van der Waals surface area contributed by atoms with Crippen molar-refractivity contribution in [3.8, 4) is 5.75 Å². The van der Waals surface area contributed by atoms with Gasteiger partial charge in [0, 0.05) is 29.7 Å². The molecule has 1 aliphatic carbocycles. The Morgan fingerprint density at radius 2 is 1.90 bits per heavy atom. The number of amides is 1. The van der Waals surface area contributed by atoms with Gasteiger partial charge in [-0.05, 0) is 89.3 Å². The summed E-state index contributed by atoms with van der Waals surface area (Å²) in [5.74, 6) is 0.903. The number of phenolic OH excluding ortho intramolecular Hbond substituents is 1. The lowest BCUT2D eigenvalue weighted by Gasteiger charge is -2.36. The van der Waals surface area contributed by atoms with Crippen LogP contribution < -0.4 is 0 Å². The number of halogens is 1. The maximum atomic E-state index is 12.1. The van der Waals surface area contributed by atoms with Crippen LogP contribution in [0.1, 0.15) is 61.9 Å². The van der Waals surface area contributed by atoms with E-state index in [1.54, 1.807) is 6.07 Å². The number of aromatic hydroxyl groups is 1. The van der Waals surface area contributed by atoms with Gasteiger partial charge in [0.1, 0.15) is 5.75 Å². The van der Waals surface area contributed by atoms with Gasteiger partial charge in [-0.1, -0.05) is 19.9 Å². The second-order valence-electron chi connectivity index (χ2n) is 7.58. The summed E-state index contributed by atoms with van der Waals surface area (Å²) in [5.41, 5.74) is 4.87. The second kappa shape index (κ2) is 10.3. The number of aromatic nitrogens is 1. The molecule has 1 N–H and O–H groups in total. The van der Waals surface area contributed by atoms with Crippen molar-refractivity contribution in [1.29, 1.82) is 0 Å². The molecule has 1 aromatic heterocycles. The first kappa shape index (κ1) is 22.6. The van der Waals surface area contributed by atoms with Gasteiger partial charge < -0.3 is 14.7 Å². The van der Waals surface area contributed by atoms with E-state index >= 15 is 0 Å². The number of carbonyl (C=O) groups excluding carboxylic acids is 1. The van der Waals surface area contributed by atoms with Crippen LogP contribution in [-0.4, -0.2) is 40.8 Å². The van der Waals surface area contributed by atoms with Crippen LogP contribution in [0.3, 0.4) is 0 Å². The molecule has 0 bridgehead atoms. The molecule has 1 fully saturated rings. The molecule has 0 radical (unpaired) electrons. The summed E-state index contributed by atoms with van der Waals surface area (Å²) < 4.78 is 6.16. The number of nitrogens with zero attached hydrogens (tertiary/aromatic N) is 2. The third kappa shape index (κ3) is 4.80. The first-order chi connectivity index (χ1) is 14.6. The molecule has 1 amide bonds. The molecule has 1 atom stereocenters. The van der Waals surface area contributed by atoms with Gasteiger partial charge in [0.25, 0.3) is 0 Å². The van der Waals surface area contributed by atoms with E-state index in [-0.39, 0.29) is 12.0 Å². The van der Waals surface area contributed by atoms with E-state index in [2.05, 4.69) is 28.1 Å². The molecule has 2 aromatic rings. The zero-order valence-corrected chi connectivity index (χ0v) is 19.6. The number of carbonyl (C=O) groups is 1. The number of phenols is 1. The van der Waals surface area contributed by atoms with Gasteiger partial charge in [0.2, 0.25) is 0 Å². The highest BCUT2D eigenvalue weighted by molar-refractivity contribution is 9.10. The number of benzene rings is 1. The Bertz CT molecular complexity index is 825. The van der Waals surface area contributed by atoms with Gasteiger partial charge in [-0.25, -0.2) is 4.79 Å². The quantitative estimate of drug-likeness (QED) is 0.608. The zero-order valence-electron chi connectivity index (χ0n) is 18.0. The van der Waals surface area contributed by atoms with Gasteiger partial charge >= 0.3 is 6.09 Å². The minimum atomic E-state index is -0.213. The summed E-state index contributed by atoms with van der Waals surface area (Å²) in [5, 5.41) is 10.0. The van der Waals surface area contributed by atoms with Crippen molar-refractivity contribution in [2.24, 2.45) is 5.92 Å². The number of aryl methyl sites for hydroxylation is 2. The lowest BCUT2D eigenvalue weighted by Crippen LogP contribution is -2.40. The van der Waals surface area contributed by atoms with E-state index in [0.29, 0.717) is 31.4 Å². The summed E-state index contributed by atoms with van der Waals surface area (Å²) in [6.07, 6.45) is 5.31. The monoisotopic (exact) mass is 474 g/mol. The first-order valence-electron chi connectivity index (χ1n) is 10.9. The van der Waals surface area contributed by atoms with Crippen molar-refractivity contribution in [3.63, 3.8) is 0 Å². The lowest BCUT2D eigenvalue weighted by atomic mass is 9.76. The van der Waals surface area contributed by atoms with Gasteiger partial charge in [0.05, 0.1) is 12.3 Å². The molecule has 5 nitrogen and oxygen atoms in total. The summed E-state index contributed by atoms with van der Waals surface area (Å²) in [6.45, 7) is 7.66. The fraction of sp³-hybridized carbons (Fsp3) is 0.500. The van der Waals surface area contributed by atoms with Crippen molar-refractivity contribution in [1.82, 2.24) is 9.88 Å². The molecule has 0 spiro atoms. The average Bonchev–Trinajstić information content (AvgIpc) is 2.91. The van der Waals surface area contributed by atoms with Crippen LogP contribution in [-0.2, 0) is 17.6 Å². The molecule has 1 aliphatic heterocycles. The van der Waals surface area contributed by atoms with E-state index in [4.69, 9.17) is 9.72 Å². The Morgan fingerprint density at radius 1 is 1.20 bits per heavy atom. The molecule has 1 unspecified atom stereocenters.